The van der Waals surface area contributed by atoms with Crippen LogP contribution in [-0.2, 0) is 25.5 Å². The maximum absolute atomic E-state index is 12.3. The van der Waals surface area contributed by atoms with Crippen LogP contribution in [0.4, 0.5) is 4.79 Å². The Labute approximate surface area is 165 Å². The first-order valence-corrected chi connectivity index (χ1v) is 10.1. The van der Waals surface area contributed by atoms with Crippen LogP contribution in [-0.4, -0.2) is 26.8 Å². The summed E-state index contributed by atoms with van der Waals surface area (Å²) in [6, 6.07) is 13.0. The van der Waals surface area contributed by atoms with Crippen molar-refractivity contribution in [3.63, 3.8) is 0 Å². The van der Waals surface area contributed by atoms with Crippen molar-refractivity contribution in [1.82, 2.24) is 0 Å². The highest BCUT2D eigenvalue weighted by Gasteiger charge is 2.20. The van der Waals surface area contributed by atoms with Gasteiger partial charge in [-0.1, -0.05) is 43.0 Å². The molecule has 0 radical (unpaired) electrons. The average Bonchev–Trinajstić information content (AvgIpc) is 2.61. The molecule has 6 nitrogen and oxygen atoms in total. The number of hydrogen-bond donors (Lipinski definition) is 0. The van der Waals surface area contributed by atoms with E-state index in [1.165, 1.54) is 12.1 Å². The van der Waals surface area contributed by atoms with E-state index in [9.17, 15) is 13.2 Å². The molecule has 0 heterocycles. The van der Waals surface area contributed by atoms with Gasteiger partial charge in [-0.2, -0.15) is 8.42 Å². The summed E-state index contributed by atoms with van der Waals surface area (Å²) >= 11 is 0. The highest BCUT2D eigenvalue weighted by atomic mass is 32.2. The average molecular weight is 404 g/mol. The molecule has 0 aliphatic heterocycles. The van der Waals surface area contributed by atoms with E-state index in [2.05, 4.69) is 6.58 Å². The molecule has 7 heteroatoms. The zero-order valence-corrected chi connectivity index (χ0v) is 17.0. The molecule has 0 amide bonds. The zero-order chi connectivity index (χ0) is 20.8. The van der Waals surface area contributed by atoms with Gasteiger partial charge in [0.1, 0.15) is 11.4 Å². The molecule has 0 spiro atoms. The summed E-state index contributed by atoms with van der Waals surface area (Å²) in [5, 5.41) is 0. The number of carbonyl (C=O) groups is 1. The summed E-state index contributed by atoms with van der Waals surface area (Å²) in [5.74, 6) is 0.299. The third-order valence-electron chi connectivity index (χ3n) is 3.57. The van der Waals surface area contributed by atoms with Crippen molar-refractivity contribution in [2.45, 2.75) is 37.7 Å². The van der Waals surface area contributed by atoms with Crippen molar-refractivity contribution in [3.05, 3.63) is 66.2 Å². The molecule has 28 heavy (non-hydrogen) atoms. The molecule has 2 aromatic rings. The van der Waals surface area contributed by atoms with Crippen molar-refractivity contribution >= 4 is 22.3 Å². The second-order valence-corrected chi connectivity index (χ2v) is 8.59. The Kier molecular flexibility index (Phi) is 6.99. The van der Waals surface area contributed by atoms with Gasteiger partial charge < -0.3 is 9.47 Å². The van der Waals surface area contributed by atoms with E-state index in [-0.39, 0.29) is 17.9 Å². The Hall–Kier alpha value is -2.64. The number of carbonyl (C=O) groups excluding carboxylic acids is 1. The first-order valence-electron chi connectivity index (χ1n) is 8.71. The summed E-state index contributed by atoms with van der Waals surface area (Å²) in [6.45, 7) is 8.74. The molecule has 0 saturated carbocycles. The molecule has 0 aliphatic rings. The van der Waals surface area contributed by atoms with Gasteiger partial charge in [0, 0.05) is 6.42 Å². The lowest BCUT2D eigenvalue weighted by Crippen LogP contribution is -2.26. The molecule has 0 aliphatic carbocycles. The molecular formula is C21H24O6S. The molecule has 150 valence electrons. The van der Waals surface area contributed by atoms with Crippen LogP contribution >= 0.6 is 0 Å². The van der Waals surface area contributed by atoms with Crippen LogP contribution in [0.5, 0.6) is 5.75 Å². The molecular weight excluding hydrogens is 380 g/mol. The molecule has 0 fully saturated rings. The van der Waals surface area contributed by atoms with Crippen molar-refractivity contribution in [1.29, 1.82) is 0 Å². The van der Waals surface area contributed by atoms with Crippen molar-refractivity contribution in [3.8, 4) is 5.75 Å². The maximum atomic E-state index is 12.3. The van der Waals surface area contributed by atoms with E-state index in [4.69, 9.17) is 13.7 Å². The van der Waals surface area contributed by atoms with Crippen molar-refractivity contribution < 1.29 is 26.9 Å². The molecule has 0 aromatic heterocycles. The normalized spacial score (nSPS) is 11.7. The first kappa shape index (κ1) is 21.7. The molecule has 0 bridgehead atoms. The topological polar surface area (TPSA) is 78.9 Å². The number of hydrogen-bond acceptors (Lipinski definition) is 6. The number of benzene rings is 2. The quantitative estimate of drug-likeness (QED) is 0.381. The fourth-order valence-electron chi connectivity index (χ4n) is 2.27. The summed E-state index contributed by atoms with van der Waals surface area (Å²) in [4.78, 5) is 11.9. The second kappa shape index (κ2) is 9.03. The summed E-state index contributed by atoms with van der Waals surface area (Å²) in [5.41, 5.74) is 0.766. The van der Waals surface area contributed by atoms with Gasteiger partial charge in [0.25, 0.3) is 10.1 Å². The van der Waals surface area contributed by atoms with Gasteiger partial charge in [0.15, 0.2) is 0 Å². The molecule has 0 N–H and O–H groups in total. The largest absolute Gasteiger partial charge is 0.514 e. The monoisotopic (exact) mass is 404 g/mol. The van der Waals surface area contributed by atoms with Crippen LogP contribution < -0.4 is 4.74 Å². The van der Waals surface area contributed by atoms with Crippen LogP contribution in [0.15, 0.2) is 60.0 Å². The van der Waals surface area contributed by atoms with E-state index in [1.54, 1.807) is 63.2 Å². The second-order valence-electron chi connectivity index (χ2n) is 6.97. The van der Waals surface area contributed by atoms with Crippen LogP contribution in [0.2, 0.25) is 0 Å². The lowest BCUT2D eigenvalue weighted by molar-refractivity contribution is 0.0204. The minimum Gasteiger partial charge on any atom is -0.428 e. The number of rotatable bonds is 7. The van der Waals surface area contributed by atoms with Crippen LogP contribution in [0, 0.1) is 0 Å². The van der Waals surface area contributed by atoms with Gasteiger partial charge in [-0.05, 0) is 50.1 Å². The highest BCUT2D eigenvalue weighted by Crippen LogP contribution is 2.21. The fraction of sp³-hybridized carbons (Fsp3) is 0.286. The van der Waals surface area contributed by atoms with Crippen molar-refractivity contribution in [2.24, 2.45) is 0 Å². The maximum Gasteiger partial charge on any atom is 0.514 e. The predicted molar refractivity (Wildman–Crippen MR) is 107 cm³/mol. The van der Waals surface area contributed by atoms with E-state index < -0.39 is 21.9 Å². The lowest BCUT2D eigenvalue weighted by atomic mass is 10.1. The minimum atomic E-state index is -3.88. The van der Waals surface area contributed by atoms with Crippen LogP contribution in [0.1, 0.15) is 31.9 Å². The highest BCUT2D eigenvalue weighted by molar-refractivity contribution is 7.86. The van der Waals surface area contributed by atoms with Gasteiger partial charge in [0.05, 0.1) is 11.5 Å². The van der Waals surface area contributed by atoms with E-state index in [1.807, 2.05) is 0 Å². The smallest absolute Gasteiger partial charge is 0.428 e. The minimum absolute atomic E-state index is 0.0661. The van der Waals surface area contributed by atoms with Crippen molar-refractivity contribution in [2.75, 3.05) is 6.61 Å². The van der Waals surface area contributed by atoms with E-state index >= 15 is 0 Å². The summed E-state index contributed by atoms with van der Waals surface area (Å²) in [7, 11) is -3.88. The Bertz CT molecular complexity index is 924. The third-order valence-corrected chi connectivity index (χ3v) is 4.90. The molecule has 0 saturated heterocycles. The van der Waals surface area contributed by atoms with Gasteiger partial charge in [-0.25, -0.2) is 4.79 Å². The molecule has 0 atom stereocenters. The first-order chi connectivity index (χ1) is 13.1. The van der Waals surface area contributed by atoms with Gasteiger partial charge in [-0.3, -0.25) is 4.18 Å². The summed E-state index contributed by atoms with van der Waals surface area (Å²) in [6.07, 6.45) is 1.04. The number of ether oxygens (including phenoxy) is 2. The predicted octanol–water partition coefficient (Wildman–Crippen LogP) is 4.59. The van der Waals surface area contributed by atoms with E-state index in [0.717, 1.165) is 5.56 Å². The third kappa shape index (κ3) is 6.51. The molecule has 0 unspecified atom stereocenters. The fourth-order valence-corrected chi connectivity index (χ4v) is 3.18. The number of para-hydroxylation sites is 1. The molecule has 2 aromatic carbocycles. The van der Waals surface area contributed by atoms with Gasteiger partial charge in [-0.15, -0.1) is 0 Å². The Morgan fingerprint density at radius 1 is 1.07 bits per heavy atom. The Morgan fingerprint density at radius 2 is 1.71 bits per heavy atom. The van der Waals surface area contributed by atoms with Crippen LogP contribution in [0.3, 0.4) is 0 Å². The van der Waals surface area contributed by atoms with Gasteiger partial charge in [0.2, 0.25) is 0 Å². The Balaban J connectivity index is 2.00. The standard InChI is InChI=1S/C21H24O6S/c1-5-16-10-12-18(13-11-16)28(23,24)25-15-14-17-8-6-7-9-19(17)26-20(22)27-21(2,3)4/h5-13H,1,14-15H2,2-4H3. The van der Waals surface area contributed by atoms with Gasteiger partial charge >= 0.3 is 6.16 Å². The zero-order valence-electron chi connectivity index (χ0n) is 16.2. The SMILES string of the molecule is C=Cc1ccc(S(=O)(=O)OCCc2ccccc2OC(=O)OC(C)(C)C)cc1. The summed E-state index contributed by atoms with van der Waals surface area (Å²) < 4.78 is 40.1. The lowest BCUT2D eigenvalue weighted by Gasteiger charge is -2.19. The van der Waals surface area contributed by atoms with E-state index in [0.29, 0.717) is 11.3 Å². The van der Waals surface area contributed by atoms with Crippen LogP contribution in [0.25, 0.3) is 6.08 Å². The molecule has 2 rings (SSSR count). The Morgan fingerprint density at radius 3 is 2.32 bits per heavy atom.